The van der Waals surface area contributed by atoms with Gasteiger partial charge in [-0.25, -0.2) is 0 Å². The molecule has 1 heterocycles. The molecule has 94 valence electrons. The summed E-state index contributed by atoms with van der Waals surface area (Å²) in [6, 6.07) is 9.01. The lowest BCUT2D eigenvalue weighted by Gasteiger charge is -2.33. The minimum atomic E-state index is 0.775. The van der Waals surface area contributed by atoms with E-state index >= 15 is 0 Å². The minimum Gasteiger partial charge on any atom is -0.399 e. The third-order valence-corrected chi connectivity index (χ3v) is 3.89. The summed E-state index contributed by atoms with van der Waals surface area (Å²) >= 11 is 0. The first kappa shape index (κ1) is 12.4. The zero-order valence-electron chi connectivity index (χ0n) is 10.9. The number of nitrogen functional groups attached to an aromatic ring is 1. The molecule has 0 aliphatic carbocycles. The van der Waals surface area contributed by atoms with Gasteiger partial charge in [-0.1, -0.05) is 24.6 Å². The fourth-order valence-electron chi connectivity index (χ4n) is 2.72. The van der Waals surface area contributed by atoms with Crippen LogP contribution in [0.5, 0.6) is 0 Å². The molecule has 0 saturated carbocycles. The maximum Gasteiger partial charge on any atom is 0.0346 e. The maximum absolute atomic E-state index is 5.95. The summed E-state index contributed by atoms with van der Waals surface area (Å²) in [5.74, 6) is 0. The highest BCUT2D eigenvalue weighted by atomic mass is 15.1. The lowest BCUT2D eigenvalue weighted by atomic mass is 10.0. The number of hydrogen-bond acceptors (Lipinski definition) is 2. The zero-order valence-corrected chi connectivity index (χ0v) is 10.9. The molecule has 2 nitrogen and oxygen atoms in total. The van der Waals surface area contributed by atoms with Crippen LogP contribution in [-0.2, 0) is 6.42 Å². The highest BCUT2D eigenvalue weighted by Crippen LogP contribution is 2.18. The lowest BCUT2D eigenvalue weighted by Crippen LogP contribution is -2.38. The van der Waals surface area contributed by atoms with Crippen LogP contribution in [0, 0.1) is 0 Å². The third-order valence-electron chi connectivity index (χ3n) is 3.89. The minimum absolute atomic E-state index is 0.775. The average Bonchev–Trinajstić information content (AvgIpc) is 2.34. The van der Waals surface area contributed by atoms with E-state index in [1.165, 1.54) is 44.3 Å². The predicted octanol–water partition coefficient (Wildman–Crippen LogP) is 3.08. The summed E-state index contributed by atoms with van der Waals surface area (Å²) in [5, 5.41) is 0. The van der Waals surface area contributed by atoms with Crippen molar-refractivity contribution in [1.29, 1.82) is 0 Å². The number of benzene rings is 1. The van der Waals surface area contributed by atoms with Gasteiger partial charge in [-0.05, 0) is 57.3 Å². The average molecular weight is 232 g/mol. The fourth-order valence-corrected chi connectivity index (χ4v) is 2.72. The zero-order chi connectivity index (χ0) is 12.1. The summed E-state index contributed by atoms with van der Waals surface area (Å²) in [4.78, 5) is 2.63. The first-order chi connectivity index (χ1) is 8.27. The highest BCUT2D eigenvalue weighted by Gasteiger charge is 2.17. The van der Waals surface area contributed by atoms with E-state index < -0.39 is 0 Å². The van der Waals surface area contributed by atoms with Crippen LogP contribution in [0.4, 0.5) is 5.69 Å². The van der Waals surface area contributed by atoms with Crippen LogP contribution in [0.25, 0.3) is 0 Å². The SMILES string of the molecule is CC1CCCCN1CCCc1ccccc1N. The van der Waals surface area contributed by atoms with Crippen molar-refractivity contribution in [2.24, 2.45) is 0 Å². The van der Waals surface area contributed by atoms with Crippen LogP contribution in [0.3, 0.4) is 0 Å². The predicted molar refractivity (Wildman–Crippen MR) is 74.1 cm³/mol. The van der Waals surface area contributed by atoms with Crippen molar-refractivity contribution in [2.75, 3.05) is 18.8 Å². The molecule has 1 aromatic carbocycles. The van der Waals surface area contributed by atoms with Gasteiger partial charge in [0, 0.05) is 11.7 Å². The summed E-state index contributed by atoms with van der Waals surface area (Å²) in [5.41, 5.74) is 8.20. The van der Waals surface area contributed by atoms with Gasteiger partial charge < -0.3 is 10.6 Å². The van der Waals surface area contributed by atoms with Crippen LogP contribution in [0.15, 0.2) is 24.3 Å². The fraction of sp³-hybridized carbons (Fsp3) is 0.600. The number of rotatable bonds is 4. The number of aryl methyl sites for hydroxylation is 1. The molecule has 2 rings (SSSR count). The number of likely N-dealkylation sites (tertiary alicyclic amines) is 1. The largest absolute Gasteiger partial charge is 0.399 e. The second-order valence-corrected chi connectivity index (χ2v) is 5.18. The van der Waals surface area contributed by atoms with Crippen molar-refractivity contribution in [2.45, 2.75) is 45.1 Å². The van der Waals surface area contributed by atoms with Crippen LogP contribution in [-0.4, -0.2) is 24.0 Å². The summed E-state index contributed by atoms with van der Waals surface area (Å²) in [6.07, 6.45) is 6.48. The summed E-state index contributed by atoms with van der Waals surface area (Å²) in [6.45, 7) is 4.86. The Kier molecular flexibility index (Phi) is 4.43. The van der Waals surface area contributed by atoms with E-state index in [1.54, 1.807) is 0 Å². The quantitative estimate of drug-likeness (QED) is 0.808. The smallest absolute Gasteiger partial charge is 0.0346 e. The van der Waals surface area contributed by atoms with Gasteiger partial charge in [0.2, 0.25) is 0 Å². The monoisotopic (exact) mass is 232 g/mol. The van der Waals surface area contributed by atoms with Gasteiger partial charge in [0.15, 0.2) is 0 Å². The molecule has 1 unspecified atom stereocenters. The van der Waals surface area contributed by atoms with Gasteiger partial charge in [0.1, 0.15) is 0 Å². The van der Waals surface area contributed by atoms with Crippen LogP contribution >= 0.6 is 0 Å². The molecule has 1 fully saturated rings. The number of anilines is 1. The Morgan fingerprint density at radius 1 is 1.29 bits per heavy atom. The Morgan fingerprint density at radius 3 is 2.88 bits per heavy atom. The molecule has 1 aliphatic rings. The van der Waals surface area contributed by atoms with E-state index in [0.717, 1.165) is 18.2 Å². The number of piperidine rings is 1. The van der Waals surface area contributed by atoms with Crippen LogP contribution in [0.2, 0.25) is 0 Å². The van der Waals surface area contributed by atoms with Gasteiger partial charge in [-0.2, -0.15) is 0 Å². The van der Waals surface area contributed by atoms with Gasteiger partial charge in [0.05, 0.1) is 0 Å². The molecular weight excluding hydrogens is 208 g/mol. The van der Waals surface area contributed by atoms with Crippen molar-refractivity contribution in [3.63, 3.8) is 0 Å². The van der Waals surface area contributed by atoms with Crippen molar-refractivity contribution in [1.82, 2.24) is 4.90 Å². The first-order valence-electron chi connectivity index (χ1n) is 6.85. The Balaban J connectivity index is 1.77. The van der Waals surface area contributed by atoms with E-state index in [2.05, 4.69) is 24.0 Å². The van der Waals surface area contributed by atoms with E-state index in [0.29, 0.717) is 0 Å². The standard InChI is InChI=1S/C15H24N2/c1-13-7-4-5-11-17(13)12-6-9-14-8-2-3-10-15(14)16/h2-3,8,10,13H,4-7,9,11-12,16H2,1H3. The molecule has 0 aromatic heterocycles. The van der Waals surface area contributed by atoms with Gasteiger partial charge in [-0.3, -0.25) is 0 Å². The molecule has 0 radical (unpaired) electrons. The number of nitrogens with two attached hydrogens (primary N) is 1. The summed E-state index contributed by atoms with van der Waals surface area (Å²) < 4.78 is 0. The Morgan fingerprint density at radius 2 is 2.12 bits per heavy atom. The second kappa shape index (κ2) is 6.06. The molecule has 1 aliphatic heterocycles. The van der Waals surface area contributed by atoms with Crippen molar-refractivity contribution < 1.29 is 0 Å². The van der Waals surface area contributed by atoms with Crippen molar-refractivity contribution >= 4 is 5.69 Å². The second-order valence-electron chi connectivity index (χ2n) is 5.18. The van der Waals surface area contributed by atoms with Gasteiger partial charge in [-0.15, -0.1) is 0 Å². The van der Waals surface area contributed by atoms with E-state index in [9.17, 15) is 0 Å². The highest BCUT2D eigenvalue weighted by molar-refractivity contribution is 5.46. The van der Waals surface area contributed by atoms with E-state index in [4.69, 9.17) is 5.73 Å². The Bertz CT molecular complexity index is 349. The summed E-state index contributed by atoms with van der Waals surface area (Å²) in [7, 11) is 0. The molecular formula is C15H24N2. The van der Waals surface area contributed by atoms with Gasteiger partial charge in [0.25, 0.3) is 0 Å². The van der Waals surface area contributed by atoms with Crippen LogP contribution in [0.1, 0.15) is 38.2 Å². The molecule has 0 bridgehead atoms. The van der Waals surface area contributed by atoms with Crippen LogP contribution < -0.4 is 5.73 Å². The molecule has 17 heavy (non-hydrogen) atoms. The molecule has 0 spiro atoms. The van der Waals surface area contributed by atoms with Gasteiger partial charge >= 0.3 is 0 Å². The number of nitrogens with zero attached hydrogens (tertiary/aromatic N) is 1. The number of hydrogen-bond donors (Lipinski definition) is 1. The first-order valence-corrected chi connectivity index (χ1v) is 6.85. The number of para-hydroxylation sites is 1. The van der Waals surface area contributed by atoms with Crippen molar-refractivity contribution in [3.05, 3.63) is 29.8 Å². The molecule has 1 saturated heterocycles. The Hall–Kier alpha value is -1.02. The molecule has 1 atom stereocenters. The topological polar surface area (TPSA) is 29.3 Å². The third kappa shape index (κ3) is 3.47. The molecule has 0 amide bonds. The molecule has 2 heteroatoms. The lowest BCUT2D eigenvalue weighted by molar-refractivity contribution is 0.159. The van der Waals surface area contributed by atoms with Crippen molar-refractivity contribution in [3.8, 4) is 0 Å². The normalized spacial score (nSPS) is 21.6. The molecule has 1 aromatic rings. The molecule has 2 N–H and O–H groups in total. The Labute approximate surface area is 105 Å². The van der Waals surface area contributed by atoms with E-state index in [1.807, 2.05) is 12.1 Å². The maximum atomic E-state index is 5.95. The van der Waals surface area contributed by atoms with E-state index in [-0.39, 0.29) is 0 Å².